The van der Waals surface area contributed by atoms with Gasteiger partial charge in [0.05, 0.1) is 0 Å². The zero-order valence-electron chi connectivity index (χ0n) is 7.73. The minimum absolute atomic E-state index is 0.802. The van der Waals surface area contributed by atoms with Gasteiger partial charge in [0.2, 0.25) is 0 Å². The quantitative estimate of drug-likeness (QED) is 0.670. The van der Waals surface area contributed by atoms with E-state index in [0.29, 0.717) is 0 Å². The molecule has 0 radical (unpaired) electrons. The van der Waals surface area contributed by atoms with Crippen molar-refractivity contribution in [3.63, 3.8) is 0 Å². The summed E-state index contributed by atoms with van der Waals surface area (Å²) in [5, 5.41) is 1.89. The van der Waals surface area contributed by atoms with E-state index in [9.17, 15) is 0 Å². The number of hydrogen-bond donors (Lipinski definition) is 0. The number of benzene rings is 1. The molecule has 2 aromatic rings. The first kappa shape index (κ1) is 8.64. The van der Waals surface area contributed by atoms with Crippen LogP contribution in [0.1, 0.15) is 18.2 Å². The molecule has 0 amide bonds. The summed E-state index contributed by atoms with van der Waals surface area (Å²) >= 11 is 6.00. The Bertz CT molecular complexity index is 404. The molecule has 0 atom stereocenters. The zero-order chi connectivity index (χ0) is 9.42. The Balaban J connectivity index is 2.70. The maximum Gasteiger partial charge on any atom is 0.134 e. The van der Waals surface area contributed by atoms with Crippen LogP contribution in [-0.2, 0) is 6.42 Å². The Morgan fingerprint density at radius 3 is 2.77 bits per heavy atom. The van der Waals surface area contributed by atoms with Crippen LogP contribution in [0.3, 0.4) is 0 Å². The van der Waals surface area contributed by atoms with Crippen LogP contribution >= 0.6 is 11.6 Å². The Hall–Kier alpha value is -0.950. The second-order valence-electron chi connectivity index (χ2n) is 3.21. The molecule has 0 unspecified atom stereocenters. The number of aryl methyl sites for hydroxylation is 2. The van der Waals surface area contributed by atoms with Gasteiger partial charge in [0, 0.05) is 16.8 Å². The average Bonchev–Trinajstić information content (AvgIpc) is 2.48. The Labute approximate surface area is 82.3 Å². The third-order valence-electron chi connectivity index (χ3n) is 2.20. The molecule has 1 aromatic heterocycles. The van der Waals surface area contributed by atoms with Gasteiger partial charge in [0.1, 0.15) is 11.3 Å². The summed E-state index contributed by atoms with van der Waals surface area (Å²) in [6.07, 6.45) is 0.922. The van der Waals surface area contributed by atoms with E-state index < -0.39 is 0 Å². The second-order valence-corrected chi connectivity index (χ2v) is 3.61. The standard InChI is InChI=1S/C11H11ClO/c1-3-9-5-8-6-10(12)7(2)4-11(8)13-9/h4-6H,3H2,1-2H3. The number of furan rings is 1. The normalized spacial score (nSPS) is 11.0. The van der Waals surface area contributed by atoms with Crippen LogP contribution in [0, 0.1) is 6.92 Å². The molecule has 1 aromatic carbocycles. The summed E-state index contributed by atoms with van der Waals surface area (Å²) in [7, 11) is 0. The number of halogens is 1. The predicted molar refractivity (Wildman–Crippen MR) is 55.3 cm³/mol. The lowest BCUT2D eigenvalue weighted by Crippen LogP contribution is -1.72. The van der Waals surface area contributed by atoms with Gasteiger partial charge in [-0.15, -0.1) is 0 Å². The number of hydrogen-bond acceptors (Lipinski definition) is 1. The third kappa shape index (κ3) is 1.44. The molecule has 1 heterocycles. The van der Waals surface area contributed by atoms with Gasteiger partial charge in [0.15, 0.2) is 0 Å². The van der Waals surface area contributed by atoms with Gasteiger partial charge < -0.3 is 4.42 Å². The molecule has 2 rings (SSSR count). The molecular formula is C11H11ClO. The first-order valence-electron chi connectivity index (χ1n) is 4.39. The van der Waals surface area contributed by atoms with Crippen LogP contribution in [-0.4, -0.2) is 0 Å². The Morgan fingerprint density at radius 2 is 2.08 bits per heavy atom. The molecule has 0 fully saturated rings. The highest BCUT2D eigenvalue weighted by molar-refractivity contribution is 6.32. The second kappa shape index (κ2) is 3.08. The highest BCUT2D eigenvalue weighted by atomic mass is 35.5. The largest absolute Gasteiger partial charge is 0.461 e. The molecule has 0 N–H and O–H groups in total. The summed E-state index contributed by atoms with van der Waals surface area (Å²) < 4.78 is 5.59. The van der Waals surface area contributed by atoms with Crippen LogP contribution < -0.4 is 0 Å². The van der Waals surface area contributed by atoms with Gasteiger partial charge in [-0.05, 0) is 30.7 Å². The van der Waals surface area contributed by atoms with E-state index in [1.807, 2.05) is 25.1 Å². The Morgan fingerprint density at radius 1 is 1.31 bits per heavy atom. The molecule has 0 aliphatic carbocycles. The first-order chi connectivity index (χ1) is 6.20. The maximum atomic E-state index is 6.00. The molecular weight excluding hydrogens is 184 g/mol. The molecule has 2 heteroatoms. The molecule has 68 valence electrons. The lowest BCUT2D eigenvalue weighted by atomic mass is 10.2. The molecule has 13 heavy (non-hydrogen) atoms. The summed E-state index contributed by atoms with van der Waals surface area (Å²) in [4.78, 5) is 0. The van der Waals surface area contributed by atoms with Crippen molar-refractivity contribution in [1.29, 1.82) is 0 Å². The lowest BCUT2D eigenvalue weighted by Gasteiger charge is -1.95. The van der Waals surface area contributed by atoms with Crippen LogP contribution in [0.5, 0.6) is 0 Å². The van der Waals surface area contributed by atoms with Crippen LogP contribution in [0.4, 0.5) is 0 Å². The fourth-order valence-corrected chi connectivity index (χ4v) is 1.56. The van der Waals surface area contributed by atoms with Gasteiger partial charge in [-0.2, -0.15) is 0 Å². The SMILES string of the molecule is CCc1cc2cc(Cl)c(C)cc2o1. The lowest BCUT2D eigenvalue weighted by molar-refractivity contribution is 0.557. The van der Waals surface area contributed by atoms with E-state index in [2.05, 4.69) is 6.92 Å². The van der Waals surface area contributed by atoms with E-state index in [1.165, 1.54) is 0 Å². The summed E-state index contributed by atoms with van der Waals surface area (Å²) in [5.41, 5.74) is 1.99. The van der Waals surface area contributed by atoms with Gasteiger partial charge in [-0.3, -0.25) is 0 Å². The van der Waals surface area contributed by atoms with Crippen molar-refractivity contribution >= 4 is 22.6 Å². The number of fused-ring (bicyclic) bond motifs is 1. The average molecular weight is 195 g/mol. The Kier molecular flexibility index (Phi) is 2.04. The van der Waals surface area contributed by atoms with Crippen molar-refractivity contribution in [2.45, 2.75) is 20.3 Å². The molecule has 1 nitrogen and oxygen atoms in total. The molecule has 0 aliphatic heterocycles. The van der Waals surface area contributed by atoms with Crippen molar-refractivity contribution in [3.8, 4) is 0 Å². The van der Waals surface area contributed by atoms with Gasteiger partial charge in [-0.25, -0.2) is 0 Å². The van der Waals surface area contributed by atoms with Crippen LogP contribution in [0.25, 0.3) is 11.0 Å². The molecule has 0 saturated carbocycles. The van der Waals surface area contributed by atoms with Gasteiger partial charge in [0.25, 0.3) is 0 Å². The van der Waals surface area contributed by atoms with E-state index in [0.717, 1.165) is 33.7 Å². The van der Waals surface area contributed by atoms with Crippen LogP contribution in [0.15, 0.2) is 22.6 Å². The predicted octanol–water partition coefficient (Wildman–Crippen LogP) is 3.96. The monoisotopic (exact) mass is 194 g/mol. The van der Waals surface area contributed by atoms with Crippen LogP contribution in [0.2, 0.25) is 5.02 Å². The topological polar surface area (TPSA) is 13.1 Å². The summed E-state index contributed by atoms with van der Waals surface area (Å²) in [5.74, 6) is 1.01. The third-order valence-corrected chi connectivity index (χ3v) is 2.60. The maximum absolute atomic E-state index is 6.00. The molecule has 0 saturated heterocycles. The van der Waals surface area contributed by atoms with Crippen molar-refractivity contribution in [2.75, 3.05) is 0 Å². The zero-order valence-corrected chi connectivity index (χ0v) is 8.48. The van der Waals surface area contributed by atoms with E-state index in [1.54, 1.807) is 0 Å². The van der Waals surface area contributed by atoms with Crippen molar-refractivity contribution in [1.82, 2.24) is 0 Å². The highest BCUT2D eigenvalue weighted by Crippen LogP contribution is 2.26. The van der Waals surface area contributed by atoms with E-state index in [-0.39, 0.29) is 0 Å². The smallest absolute Gasteiger partial charge is 0.134 e. The van der Waals surface area contributed by atoms with E-state index in [4.69, 9.17) is 16.0 Å². The molecule has 0 aliphatic rings. The van der Waals surface area contributed by atoms with Crippen molar-refractivity contribution in [2.24, 2.45) is 0 Å². The van der Waals surface area contributed by atoms with Gasteiger partial charge >= 0.3 is 0 Å². The van der Waals surface area contributed by atoms with Crippen molar-refractivity contribution in [3.05, 3.63) is 34.5 Å². The van der Waals surface area contributed by atoms with Crippen molar-refractivity contribution < 1.29 is 4.42 Å². The fraction of sp³-hybridized carbons (Fsp3) is 0.273. The minimum atomic E-state index is 0.802. The summed E-state index contributed by atoms with van der Waals surface area (Å²) in [6.45, 7) is 4.06. The first-order valence-corrected chi connectivity index (χ1v) is 4.77. The number of rotatable bonds is 1. The van der Waals surface area contributed by atoms with Gasteiger partial charge in [-0.1, -0.05) is 18.5 Å². The van der Waals surface area contributed by atoms with E-state index >= 15 is 0 Å². The molecule has 0 bridgehead atoms. The summed E-state index contributed by atoms with van der Waals surface area (Å²) in [6, 6.07) is 5.98. The minimum Gasteiger partial charge on any atom is -0.461 e. The highest BCUT2D eigenvalue weighted by Gasteiger charge is 2.04. The fourth-order valence-electron chi connectivity index (χ4n) is 1.39. The molecule has 0 spiro atoms.